The molecule has 0 bridgehead atoms. The lowest BCUT2D eigenvalue weighted by molar-refractivity contribution is -0.137. The second-order valence-electron chi connectivity index (χ2n) is 5.20. The van der Waals surface area contributed by atoms with Crippen LogP contribution in [0, 0.1) is 0 Å². The molecule has 0 aliphatic carbocycles. The maximum absolute atomic E-state index is 11.0. The first kappa shape index (κ1) is 19.2. The van der Waals surface area contributed by atoms with Gasteiger partial charge in [0.2, 0.25) is 0 Å². The van der Waals surface area contributed by atoms with Gasteiger partial charge in [-0.05, 0) is 47.9 Å². The van der Waals surface area contributed by atoms with Crippen molar-refractivity contribution in [3.63, 3.8) is 0 Å². The van der Waals surface area contributed by atoms with E-state index in [1.54, 1.807) is 35.3 Å². The Balaban J connectivity index is 2.26. The summed E-state index contributed by atoms with van der Waals surface area (Å²) < 4.78 is 0. The normalized spacial score (nSPS) is 12.3. The van der Waals surface area contributed by atoms with Crippen LogP contribution in [0.25, 0.3) is 0 Å². The van der Waals surface area contributed by atoms with E-state index >= 15 is 0 Å². The fourth-order valence-corrected chi connectivity index (χ4v) is 4.27. The van der Waals surface area contributed by atoms with Gasteiger partial charge in [0.05, 0.1) is 5.25 Å². The second kappa shape index (κ2) is 9.42. The molecule has 0 saturated heterocycles. The molecule has 0 spiro atoms. The zero-order valence-corrected chi connectivity index (χ0v) is 16.1. The van der Waals surface area contributed by atoms with Crippen LogP contribution in [0.3, 0.4) is 0 Å². The first-order valence-electron chi connectivity index (χ1n) is 7.43. The van der Waals surface area contributed by atoms with Crippen molar-refractivity contribution in [2.45, 2.75) is 21.1 Å². The highest BCUT2D eigenvalue weighted by Crippen LogP contribution is 2.37. The Morgan fingerprint density at radius 1 is 0.958 bits per heavy atom. The topological polar surface area (TPSA) is 63.3 Å². The molecule has 1 unspecified atom stereocenters. The summed E-state index contributed by atoms with van der Waals surface area (Å²) in [6.45, 7) is 0. The zero-order valence-electron chi connectivity index (χ0n) is 13.6. The Labute approximate surface area is 155 Å². The molecule has 0 saturated carbocycles. The Hall–Kier alpha value is -1.08. The number of carboxylic acid groups (broad SMARTS) is 1. The minimum absolute atomic E-state index is 0.0715. The summed E-state index contributed by atoms with van der Waals surface area (Å²) in [6, 6.07) is 16.0. The number of carbonyl (C=O) groups is 1. The van der Waals surface area contributed by atoms with Gasteiger partial charge in [0.15, 0.2) is 0 Å². The van der Waals surface area contributed by atoms with Crippen molar-refractivity contribution in [1.29, 1.82) is 0 Å². The monoisotopic (exact) mass is 379 g/mol. The fraction of sp³-hybridized carbons (Fsp3) is 0.278. The Kier molecular flexibility index (Phi) is 7.55. The molecule has 24 heavy (non-hydrogen) atoms. The van der Waals surface area contributed by atoms with Crippen LogP contribution in [-0.4, -0.2) is 35.4 Å². The molecular weight excluding hydrogens is 358 g/mol. The molecule has 3 N–H and O–H groups in total. The standard InChI is InChI=1S/C18H21NO2S3/c1-22-14-7-3-12(4-8-14)17(24-11-16(19)18(20)21)13-5-9-15(23-2)10-6-13/h3-10,16-17H,11,19H2,1-2H3,(H,20,21). The first-order chi connectivity index (χ1) is 11.5. The summed E-state index contributed by atoms with van der Waals surface area (Å²) in [4.78, 5) is 13.4. The van der Waals surface area contributed by atoms with E-state index in [0.29, 0.717) is 5.75 Å². The lowest BCUT2D eigenvalue weighted by Gasteiger charge is -2.19. The van der Waals surface area contributed by atoms with Gasteiger partial charge in [-0.3, -0.25) is 4.79 Å². The van der Waals surface area contributed by atoms with E-state index in [4.69, 9.17) is 10.8 Å². The molecule has 0 heterocycles. The molecule has 0 amide bonds. The summed E-state index contributed by atoms with van der Waals surface area (Å²) >= 11 is 4.98. The molecule has 2 aromatic rings. The highest BCUT2D eigenvalue weighted by molar-refractivity contribution is 7.99. The lowest BCUT2D eigenvalue weighted by Crippen LogP contribution is -2.32. The second-order valence-corrected chi connectivity index (χ2v) is 8.10. The van der Waals surface area contributed by atoms with Gasteiger partial charge in [0, 0.05) is 15.5 Å². The van der Waals surface area contributed by atoms with Gasteiger partial charge in [-0.15, -0.1) is 35.3 Å². The third-order valence-electron chi connectivity index (χ3n) is 3.60. The molecule has 2 aromatic carbocycles. The average Bonchev–Trinajstić information content (AvgIpc) is 2.62. The molecule has 128 valence electrons. The van der Waals surface area contributed by atoms with Crippen LogP contribution < -0.4 is 5.73 Å². The van der Waals surface area contributed by atoms with Gasteiger partial charge in [-0.1, -0.05) is 24.3 Å². The van der Waals surface area contributed by atoms with Crippen LogP contribution in [0.5, 0.6) is 0 Å². The van der Waals surface area contributed by atoms with Crippen molar-refractivity contribution in [3.05, 3.63) is 59.7 Å². The Bertz CT molecular complexity index is 611. The number of hydrogen-bond donors (Lipinski definition) is 2. The van der Waals surface area contributed by atoms with Crippen LogP contribution in [0.15, 0.2) is 58.3 Å². The highest BCUT2D eigenvalue weighted by atomic mass is 32.2. The Morgan fingerprint density at radius 3 is 1.71 bits per heavy atom. The van der Waals surface area contributed by atoms with Crippen molar-refractivity contribution in [1.82, 2.24) is 0 Å². The summed E-state index contributed by atoms with van der Waals surface area (Å²) in [5.74, 6) is -0.592. The van der Waals surface area contributed by atoms with Gasteiger partial charge in [-0.25, -0.2) is 0 Å². The number of aliphatic carboxylic acids is 1. The minimum Gasteiger partial charge on any atom is -0.480 e. The molecular formula is C18H21NO2S3. The van der Waals surface area contributed by atoms with Crippen LogP contribution >= 0.6 is 35.3 Å². The van der Waals surface area contributed by atoms with E-state index < -0.39 is 12.0 Å². The molecule has 0 aliphatic rings. The van der Waals surface area contributed by atoms with Crippen molar-refractivity contribution >= 4 is 41.3 Å². The van der Waals surface area contributed by atoms with Crippen LogP contribution in [0.1, 0.15) is 16.4 Å². The van der Waals surface area contributed by atoms with Gasteiger partial charge < -0.3 is 10.8 Å². The van der Waals surface area contributed by atoms with E-state index in [-0.39, 0.29) is 5.25 Å². The van der Waals surface area contributed by atoms with Crippen LogP contribution in [-0.2, 0) is 4.79 Å². The maximum Gasteiger partial charge on any atom is 0.321 e. The lowest BCUT2D eigenvalue weighted by atomic mass is 10.0. The van der Waals surface area contributed by atoms with E-state index in [1.165, 1.54) is 9.79 Å². The third kappa shape index (κ3) is 5.21. The quantitative estimate of drug-likeness (QED) is 0.664. The van der Waals surface area contributed by atoms with Gasteiger partial charge in [-0.2, -0.15) is 0 Å². The molecule has 0 fully saturated rings. The number of thioether (sulfide) groups is 3. The van der Waals surface area contributed by atoms with Crippen LogP contribution in [0.4, 0.5) is 0 Å². The summed E-state index contributed by atoms with van der Waals surface area (Å²) in [6.07, 6.45) is 4.10. The third-order valence-corrected chi connectivity index (χ3v) is 6.51. The molecule has 6 heteroatoms. The smallest absolute Gasteiger partial charge is 0.321 e. The predicted molar refractivity (Wildman–Crippen MR) is 106 cm³/mol. The molecule has 3 nitrogen and oxygen atoms in total. The van der Waals surface area contributed by atoms with Gasteiger partial charge >= 0.3 is 5.97 Å². The maximum atomic E-state index is 11.0. The summed E-state index contributed by atoms with van der Waals surface area (Å²) in [7, 11) is 0. The fourth-order valence-electron chi connectivity index (χ4n) is 2.21. The number of nitrogens with two attached hydrogens (primary N) is 1. The number of rotatable bonds is 8. The molecule has 1 atom stereocenters. The van der Waals surface area contributed by atoms with Crippen molar-refractivity contribution in [3.8, 4) is 0 Å². The molecule has 0 radical (unpaired) electrons. The minimum atomic E-state index is -0.961. The predicted octanol–water partition coefficient (Wildman–Crippen LogP) is 4.36. The van der Waals surface area contributed by atoms with Gasteiger partial charge in [0.1, 0.15) is 6.04 Å². The molecule has 0 aromatic heterocycles. The van der Waals surface area contributed by atoms with Gasteiger partial charge in [0.25, 0.3) is 0 Å². The molecule has 2 rings (SSSR count). The van der Waals surface area contributed by atoms with Crippen LogP contribution in [0.2, 0.25) is 0 Å². The number of hydrogen-bond acceptors (Lipinski definition) is 5. The summed E-state index contributed by atoms with van der Waals surface area (Å²) in [5.41, 5.74) is 8.00. The SMILES string of the molecule is CSc1ccc(C(SCC(N)C(=O)O)c2ccc(SC)cc2)cc1. The van der Waals surface area contributed by atoms with E-state index in [2.05, 4.69) is 48.5 Å². The average molecular weight is 380 g/mol. The number of benzene rings is 2. The van der Waals surface area contributed by atoms with Crippen molar-refractivity contribution < 1.29 is 9.90 Å². The van der Waals surface area contributed by atoms with E-state index in [9.17, 15) is 4.79 Å². The van der Waals surface area contributed by atoms with Crippen molar-refractivity contribution in [2.75, 3.05) is 18.3 Å². The first-order valence-corrected chi connectivity index (χ1v) is 10.9. The largest absolute Gasteiger partial charge is 0.480 e. The zero-order chi connectivity index (χ0) is 17.5. The van der Waals surface area contributed by atoms with Crippen molar-refractivity contribution in [2.24, 2.45) is 5.73 Å². The number of carboxylic acids is 1. The summed E-state index contributed by atoms with van der Waals surface area (Å²) in [5, 5.41) is 9.10. The Morgan fingerprint density at radius 2 is 1.38 bits per heavy atom. The molecule has 0 aliphatic heterocycles. The van der Waals surface area contributed by atoms with E-state index in [0.717, 1.165) is 11.1 Å². The van der Waals surface area contributed by atoms with E-state index in [1.807, 2.05) is 12.5 Å². The highest BCUT2D eigenvalue weighted by Gasteiger charge is 2.19.